The van der Waals surface area contributed by atoms with Crippen LogP contribution in [-0.4, -0.2) is 50.9 Å². The van der Waals surface area contributed by atoms with Crippen LogP contribution < -0.4 is 0 Å². The number of hydrogen-bond donors (Lipinski definition) is 3. The summed E-state index contributed by atoms with van der Waals surface area (Å²) >= 11 is 0. The molecule has 3 N–H and O–H groups in total. The van der Waals surface area contributed by atoms with Gasteiger partial charge < -0.3 is 15.3 Å². The minimum Gasteiger partial charge on any atom is -0.403 e. The molecule has 8 aromatic rings. The Morgan fingerprint density at radius 3 is 1.70 bits per heavy atom. The molecule has 0 unspecified atom stereocenters. The fraction of sp³-hybridized carbons (Fsp3) is 0.0870. The number of hydrogen-bond acceptors (Lipinski definition) is 5. The molecule has 2 heterocycles. The molecule has 8 heteroatoms. The van der Waals surface area contributed by atoms with Crippen LogP contribution in [0.5, 0.6) is 0 Å². The lowest BCUT2D eigenvalue weighted by Gasteiger charge is -2.34. The first-order valence-electron chi connectivity index (χ1n) is 17.9. The van der Waals surface area contributed by atoms with Crippen molar-refractivity contribution in [1.82, 2.24) is 14.5 Å². The van der Waals surface area contributed by atoms with E-state index < -0.39 is 11.2 Å². The molecule has 4 radical (unpaired) electrons. The molecule has 0 atom stereocenters. The van der Waals surface area contributed by atoms with Gasteiger partial charge in [0.05, 0.1) is 17.1 Å². The summed E-state index contributed by atoms with van der Waals surface area (Å²) < 4.78 is 1.58. The summed E-state index contributed by atoms with van der Waals surface area (Å²) in [6.45, 7) is 0. The highest BCUT2D eigenvalue weighted by Gasteiger charge is 2.46. The number of allylic oxidation sites excluding steroid dienone is 1. The van der Waals surface area contributed by atoms with Gasteiger partial charge in [-0.1, -0.05) is 121 Å². The van der Waals surface area contributed by atoms with Gasteiger partial charge in [0.25, 0.3) is 0 Å². The minimum atomic E-state index is -3.01. The molecule has 2 aromatic heterocycles. The summed E-state index contributed by atoms with van der Waals surface area (Å²) in [5.74, 6) is -3.27. The number of aromatic nitrogens is 3. The first-order valence-corrected chi connectivity index (χ1v) is 17.9. The zero-order valence-corrected chi connectivity index (χ0v) is 29.3. The number of pyridine rings is 1. The number of rotatable bonds is 7. The molecule has 256 valence electrons. The third kappa shape index (κ3) is 5.58. The maximum Gasteiger partial charge on any atom is 0.236 e. The van der Waals surface area contributed by atoms with Crippen molar-refractivity contribution in [3.05, 3.63) is 169 Å². The fourth-order valence-electron chi connectivity index (χ4n) is 7.73. The van der Waals surface area contributed by atoms with E-state index in [4.69, 9.17) is 20.7 Å². The van der Waals surface area contributed by atoms with Crippen LogP contribution >= 0.6 is 0 Å². The monoisotopic (exact) mass is 697 g/mol. The number of benzene rings is 6. The summed E-state index contributed by atoms with van der Waals surface area (Å²) in [7, 11) is 11.2. The molecule has 1 aliphatic rings. The summed E-state index contributed by atoms with van der Waals surface area (Å²) in [6.07, 6.45) is 7.07. The van der Waals surface area contributed by atoms with Crippen molar-refractivity contribution in [3.63, 3.8) is 0 Å². The molecular weight excluding hydrogens is 664 g/mol. The van der Waals surface area contributed by atoms with Crippen LogP contribution in [0.2, 0.25) is 0 Å². The quantitative estimate of drug-likeness (QED) is 0.0886. The highest BCUT2D eigenvalue weighted by atomic mass is 16.5. The Labute approximate surface area is 315 Å². The van der Waals surface area contributed by atoms with Crippen molar-refractivity contribution in [1.29, 1.82) is 0 Å². The molecule has 6 nitrogen and oxygen atoms in total. The van der Waals surface area contributed by atoms with Gasteiger partial charge in [-0.05, 0) is 98.1 Å². The van der Waals surface area contributed by atoms with Crippen molar-refractivity contribution in [2.75, 3.05) is 0 Å². The molecule has 0 spiro atoms. The second kappa shape index (κ2) is 13.1. The van der Waals surface area contributed by atoms with Gasteiger partial charge in [-0.15, -0.1) is 0 Å². The van der Waals surface area contributed by atoms with E-state index in [0.717, 1.165) is 39.9 Å². The Bertz CT molecular complexity index is 2660. The maximum atomic E-state index is 10.9. The molecule has 0 aliphatic heterocycles. The van der Waals surface area contributed by atoms with Crippen LogP contribution in [0.1, 0.15) is 23.6 Å². The smallest absolute Gasteiger partial charge is 0.236 e. The molecule has 0 bridgehead atoms. The molecule has 0 amide bonds. The number of nitrogens with zero attached hydrogens (tertiary/aromatic N) is 3. The summed E-state index contributed by atoms with van der Waals surface area (Å²) in [5.41, 5.74) is 10.6. The zero-order chi connectivity index (χ0) is 37.0. The molecular formula is C46H33B2N3O3. The lowest BCUT2D eigenvalue weighted by molar-refractivity contribution is -0.231. The predicted molar refractivity (Wildman–Crippen MR) is 218 cm³/mol. The molecule has 54 heavy (non-hydrogen) atoms. The van der Waals surface area contributed by atoms with Gasteiger partial charge in [0, 0.05) is 22.8 Å². The van der Waals surface area contributed by atoms with Crippen molar-refractivity contribution in [2.45, 2.75) is 24.0 Å². The highest BCUT2D eigenvalue weighted by molar-refractivity contribution is 6.39. The first-order chi connectivity index (χ1) is 26.2. The lowest BCUT2D eigenvalue weighted by atomic mass is 9.60. The Morgan fingerprint density at radius 2 is 1.11 bits per heavy atom. The van der Waals surface area contributed by atoms with Gasteiger partial charge in [-0.2, -0.15) is 0 Å². The Morgan fingerprint density at radius 1 is 0.574 bits per heavy atom. The van der Waals surface area contributed by atoms with Crippen LogP contribution in [-0.2, 0) is 12.2 Å². The van der Waals surface area contributed by atoms with E-state index >= 15 is 0 Å². The van der Waals surface area contributed by atoms with Gasteiger partial charge in [0.15, 0.2) is 5.82 Å². The Hall–Kier alpha value is -6.05. The first kappa shape index (κ1) is 33.8. The fourth-order valence-corrected chi connectivity index (χ4v) is 7.73. The van der Waals surface area contributed by atoms with Crippen LogP contribution in [0.3, 0.4) is 0 Å². The van der Waals surface area contributed by atoms with E-state index in [-0.39, 0.29) is 5.82 Å². The van der Waals surface area contributed by atoms with E-state index in [0.29, 0.717) is 23.5 Å². The van der Waals surface area contributed by atoms with Crippen LogP contribution in [0.15, 0.2) is 152 Å². The van der Waals surface area contributed by atoms with Crippen LogP contribution in [0.4, 0.5) is 0 Å². The normalized spacial score (nSPS) is 13.0. The van der Waals surface area contributed by atoms with E-state index in [1.165, 1.54) is 32.7 Å². The molecule has 6 aromatic carbocycles. The van der Waals surface area contributed by atoms with E-state index in [1.807, 2.05) is 54.7 Å². The van der Waals surface area contributed by atoms with Crippen molar-refractivity contribution < 1.29 is 15.3 Å². The lowest BCUT2D eigenvalue weighted by Crippen LogP contribution is -2.54. The Kier molecular flexibility index (Phi) is 8.20. The second-order valence-corrected chi connectivity index (χ2v) is 13.8. The van der Waals surface area contributed by atoms with Gasteiger partial charge in [-0.3, -0.25) is 9.55 Å². The number of aliphatic hydroxyl groups is 3. The van der Waals surface area contributed by atoms with Gasteiger partial charge >= 0.3 is 0 Å². The number of aryl methyl sites for hydroxylation is 1. The molecule has 0 saturated heterocycles. The van der Waals surface area contributed by atoms with E-state index in [1.54, 1.807) is 4.57 Å². The van der Waals surface area contributed by atoms with E-state index in [2.05, 4.69) is 108 Å². The largest absolute Gasteiger partial charge is 0.403 e. The summed E-state index contributed by atoms with van der Waals surface area (Å²) in [6, 6.07) is 48.1. The summed E-state index contributed by atoms with van der Waals surface area (Å²) in [5, 5.41) is 33.8. The van der Waals surface area contributed by atoms with Crippen LogP contribution in [0, 0.1) is 0 Å². The third-order valence-electron chi connectivity index (χ3n) is 10.4. The molecule has 0 saturated carbocycles. The van der Waals surface area contributed by atoms with Gasteiger partial charge in [0.2, 0.25) is 5.79 Å². The summed E-state index contributed by atoms with van der Waals surface area (Å²) in [4.78, 5) is 9.16. The van der Waals surface area contributed by atoms with Gasteiger partial charge in [0.1, 0.15) is 15.7 Å². The van der Waals surface area contributed by atoms with Gasteiger partial charge in [-0.25, -0.2) is 4.98 Å². The minimum absolute atomic E-state index is 0.255. The van der Waals surface area contributed by atoms with E-state index in [9.17, 15) is 15.3 Å². The highest BCUT2D eigenvalue weighted by Crippen LogP contribution is 2.46. The molecule has 0 fully saturated rings. The maximum absolute atomic E-state index is 10.9. The molecule has 1 aliphatic carbocycles. The average Bonchev–Trinajstić information content (AvgIpc) is 3.61. The second-order valence-electron chi connectivity index (χ2n) is 13.8. The van der Waals surface area contributed by atoms with Crippen molar-refractivity contribution in [2.24, 2.45) is 0 Å². The van der Waals surface area contributed by atoms with Crippen LogP contribution in [0.25, 0.3) is 77.9 Å². The number of fused-ring (bicyclic) bond motifs is 3. The predicted octanol–water partition coefficient (Wildman–Crippen LogP) is 8.32. The standard InChI is InChI=1S/C46H33B2N3O3/c47-46(48,54)45(52,53)44-50-40-18-7-8-19-41(40)51(44)32-26-24-30(25-27-32)29-20-22-31(23-21-29)42-35-13-3-5-15-37(35)43(38-16-6-4-14-36(38)42)34-12-2-1-11-33(34)39-17-9-10-28-49-39/h1-6,8-17,19-28,52-54H,7,18H2. The average molecular weight is 697 g/mol. The number of imidazole rings is 1. The van der Waals surface area contributed by atoms with Crippen molar-refractivity contribution >= 4 is 43.3 Å². The molecule has 9 rings (SSSR count). The zero-order valence-electron chi connectivity index (χ0n) is 29.3. The Balaban J connectivity index is 1.13. The third-order valence-corrected chi connectivity index (χ3v) is 10.4. The van der Waals surface area contributed by atoms with Crippen molar-refractivity contribution in [3.8, 4) is 50.3 Å². The topological polar surface area (TPSA) is 91.4 Å². The SMILES string of the molecule is [B]C([B])(O)C(O)(O)c1nc2c(n1-c1ccc(-c3ccc(-c4c5ccccc5c(-c5ccccc5-c5ccccn5)c5ccccc45)cc3)cc1)C=CCC2.